The summed E-state index contributed by atoms with van der Waals surface area (Å²) in [5.74, 6) is -0.0150. The van der Waals surface area contributed by atoms with Crippen LogP contribution in [0.4, 0.5) is 38.5 Å². The lowest BCUT2D eigenvalue weighted by atomic mass is 10.1. The number of carbonyl (C=O) groups is 1. The lowest BCUT2D eigenvalue weighted by Gasteiger charge is -2.15. The maximum Gasteiger partial charge on any atom is 0.434 e. The number of amides is 1. The third-order valence-corrected chi connectivity index (χ3v) is 6.35. The maximum atomic E-state index is 12.9. The molecule has 0 spiro atoms. The predicted octanol–water partition coefficient (Wildman–Crippen LogP) is 4.62. The Kier molecular flexibility index (Phi) is 8.12. The summed E-state index contributed by atoms with van der Waals surface area (Å²) in [6.07, 6.45) is -3.28. The minimum Gasteiger partial charge on any atom is -0.477 e. The Bertz CT molecular complexity index is 1210. The molecule has 2 N–H and O–H groups in total. The van der Waals surface area contributed by atoms with Gasteiger partial charge in [0, 0.05) is 18.5 Å². The van der Waals surface area contributed by atoms with E-state index in [1.165, 1.54) is 6.20 Å². The molecule has 1 fully saturated rings. The lowest BCUT2D eigenvalue weighted by molar-refractivity contribution is -0.141. The summed E-state index contributed by atoms with van der Waals surface area (Å²) in [6.45, 7) is 2.88. The number of likely N-dealkylation sites (tertiary alicyclic amines) is 1. The van der Waals surface area contributed by atoms with Crippen LogP contribution in [0.5, 0.6) is 5.88 Å². The van der Waals surface area contributed by atoms with E-state index < -0.39 is 24.2 Å². The fraction of sp³-hybridized carbons (Fsp3) is 0.409. The smallest absolute Gasteiger partial charge is 0.434 e. The zero-order chi connectivity index (χ0) is 26.6. The number of pyridine rings is 1. The van der Waals surface area contributed by atoms with Crippen LogP contribution in [0.15, 0.2) is 30.7 Å². The first-order valence-electron chi connectivity index (χ1n) is 11.1. The average Bonchev–Trinajstić information content (AvgIpc) is 3.43. The Morgan fingerprint density at radius 1 is 1.22 bits per heavy atom. The molecule has 1 aliphatic rings. The van der Waals surface area contributed by atoms with Gasteiger partial charge in [-0.15, -0.1) is 0 Å². The monoisotopic (exact) mass is 543 g/mol. The van der Waals surface area contributed by atoms with Crippen molar-refractivity contribution in [3.05, 3.63) is 47.7 Å². The highest BCUT2D eigenvalue weighted by molar-refractivity contribution is 7.10. The van der Waals surface area contributed by atoms with Gasteiger partial charge in [0.2, 0.25) is 5.88 Å². The molecular formula is C22H22F5N7O2S. The van der Waals surface area contributed by atoms with Crippen LogP contribution in [-0.2, 0) is 6.18 Å². The molecule has 3 aromatic rings. The van der Waals surface area contributed by atoms with Crippen molar-refractivity contribution in [3.63, 3.8) is 0 Å². The molecule has 0 saturated carbocycles. The van der Waals surface area contributed by atoms with Crippen LogP contribution < -0.4 is 15.4 Å². The summed E-state index contributed by atoms with van der Waals surface area (Å²) in [5, 5.41) is 5.76. The van der Waals surface area contributed by atoms with Crippen LogP contribution in [0.25, 0.3) is 0 Å². The van der Waals surface area contributed by atoms with Gasteiger partial charge in [-0.1, -0.05) is 0 Å². The Morgan fingerprint density at radius 2 is 2.03 bits per heavy atom. The fourth-order valence-electron chi connectivity index (χ4n) is 3.72. The van der Waals surface area contributed by atoms with Crippen molar-refractivity contribution < 1.29 is 31.5 Å². The highest BCUT2D eigenvalue weighted by Gasteiger charge is 2.33. The summed E-state index contributed by atoms with van der Waals surface area (Å²) in [7, 11) is 0. The van der Waals surface area contributed by atoms with E-state index in [1.54, 1.807) is 24.0 Å². The second kappa shape index (κ2) is 11.3. The van der Waals surface area contributed by atoms with E-state index in [2.05, 4.69) is 30.0 Å². The number of carbonyl (C=O) groups excluding carboxylic acids is 1. The molecule has 1 atom stereocenters. The molecule has 4 rings (SSSR count). The van der Waals surface area contributed by atoms with Crippen molar-refractivity contribution in [2.24, 2.45) is 5.92 Å². The number of nitrogens with one attached hydrogen (secondary N) is 2. The van der Waals surface area contributed by atoms with E-state index in [-0.39, 0.29) is 28.8 Å². The molecule has 4 heterocycles. The van der Waals surface area contributed by atoms with Gasteiger partial charge in [0.05, 0.1) is 48.7 Å². The SMILES string of the molecule is Cc1nsc(Nc2cnc(C(F)(F)F)cn2)c1C(=O)Nc1ccc(OC[C@H]2CCN(CC(F)F)C2)nc1. The molecule has 37 heavy (non-hydrogen) atoms. The number of nitrogens with zero attached hydrogens (tertiary/aromatic N) is 5. The summed E-state index contributed by atoms with van der Waals surface area (Å²) >= 11 is 0.951. The second-order valence-electron chi connectivity index (χ2n) is 8.34. The summed E-state index contributed by atoms with van der Waals surface area (Å²) in [4.78, 5) is 25.8. The quantitative estimate of drug-likeness (QED) is 0.377. The first-order chi connectivity index (χ1) is 17.6. The van der Waals surface area contributed by atoms with E-state index >= 15 is 0 Å². The van der Waals surface area contributed by atoms with Crippen LogP contribution in [-0.4, -0.2) is 62.8 Å². The van der Waals surface area contributed by atoms with Crippen molar-refractivity contribution >= 4 is 33.9 Å². The Hall–Kier alpha value is -3.46. The predicted molar refractivity (Wildman–Crippen MR) is 125 cm³/mol. The van der Waals surface area contributed by atoms with Gasteiger partial charge in [-0.2, -0.15) is 17.5 Å². The van der Waals surface area contributed by atoms with Gasteiger partial charge in [0.25, 0.3) is 12.3 Å². The lowest BCUT2D eigenvalue weighted by Crippen LogP contribution is -2.27. The molecule has 198 valence electrons. The minimum atomic E-state index is -4.61. The highest BCUT2D eigenvalue weighted by atomic mass is 32.1. The summed E-state index contributed by atoms with van der Waals surface area (Å²) in [5.41, 5.74) is -0.141. The first kappa shape index (κ1) is 26.6. The van der Waals surface area contributed by atoms with Crippen LogP contribution in [0, 0.1) is 12.8 Å². The minimum absolute atomic E-state index is 0.0217. The normalized spacial score (nSPS) is 16.2. The number of ether oxygens (including phenoxy) is 1. The number of hydrogen-bond acceptors (Lipinski definition) is 9. The number of aromatic nitrogens is 4. The maximum absolute atomic E-state index is 12.9. The summed E-state index contributed by atoms with van der Waals surface area (Å²) < 4.78 is 72.9. The molecule has 0 unspecified atom stereocenters. The van der Waals surface area contributed by atoms with Crippen molar-refractivity contribution in [3.8, 4) is 5.88 Å². The van der Waals surface area contributed by atoms with Gasteiger partial charge < -0.3 is 15.4 Å². The molecule has 0 aromatic carbocycles. The third kappa shape index (κ3) is 7.07. The van der Waals surface area contributed by atoms with Crippen LogP contribution >= 0.6 is 11.5 Å². The number of alkyl halides is 5. The Balaban J connectivity index is 1.33. The molecule has 1 aliphatic heterocycles. The van der Waals surface area contributed by atoms with Crippen LogP contribution in [0.2, 0.25) is 0 Å². The molecule has 0 bridgehead atoms. The highest BCUT2D eigenvalue weighted by Crippen LogP contribution is 2.30. The largest absolute Gasteiger partial charge is 0.477 e. The number of anilines is 3. The molecule has 0 radical (unpaired) electrons. The number of hydrogen-bond donors (Lipinski definition) is 2. The zero-order valence-corrected chi connectivity index (χ0v) is 20.2. The van der Waals surface area contributed by atoms with E-state index in [0.29, 0.717) is 43.2 Å². The molecule has 15 heteroatoms. The zero-order valence-electron chi connectivity index (χ0n) is 19.4. The first-order valence-corrected chi connectivity index (χ1v) is 11.9. The number of rotatable bonds is 9. The molecule has 0 aliphatic carbocycles. The Labute approximate surface area is 212 Å². The molecule has 1 saturated heterocycles. The molecular weight excluding hydrogens is 521 g/mol. The fourth-order valence-corrected chi connectivity index (χ4v) is 4.53. The Morgan fingerprint density at radius 3 is 2.68 bits per heavy atom. The standard InChI is InChI=1S/C22H22F5N7O2S/c1-12-19(21(37-33-12)32-17-8-28-15(7-29-17)22(25,26)27)20(35)31-14-2-3-18(30-6-14)36-11-13-4-5-34(9-13)10-16(23)24/h2-3,6-8,13,16H,4-5,9-11H2,1H3,(H,29,32)(H,31,35)/t13-/m0/s1. The molecule has 3 aromatic heterocycles. The molecule has 9 nitrogen and oxygen atoms in total. The third-order valence-electron chi connectivity index (χ3n) is 5.50. The van der Waals surface area contributed by atoms with E-state index in [1.807, 2.05) is 0 Å². The number of aryl methyl sites for hydroxylation is 1. The van der Waals surface area contributed by atoms with Gasteiger partial charge in [-0.05, 0) is 37.5 Å². The van der Waals surface area contributed by atoms with Gasteiger partial charge in [0.15, 0.2) is 5.69 Å². The van der Waals surface area contributed by atoms with E-state index in [4.69, 9.17) is 4.74 Å². The van der Waals surface area contributed by atoms with Crippen molar-refractivity contribution in [1.29, 1.82) is 0 Å². The second-order valence-corrected chi connectivity index (χ2v) is 9.11. The van der Waals surface area contributed by atoms with Gasteiger partial charge in [0.1, 0.15) is 10.8 Å². The average molecular weight is 544 g/mol. The van der Waals surface area contributed by atoms with Gasteiger partial charge >= 0.3 is 6.18 Å². The van der Waals surface area contributed by atoms with Crippen LogP contribution in [0.1, 0.15) is 28.2 Å². The van der Waals surface area contributed by atoms with Gasteiger partial charge in [-0.25, -0.2) is 23.7 Å². The summed E-state index contributed by atoms with van der Waals surface area (Å²) in [6, 6.07) is 3.18. The topological polar surface area (TPSA) is 105 Å². The van der Waals surface area contributed by atoms with Crippen molar-refractivity contribution in [2.45, 2.75) is 25.9 Å². The van der Waals surface area contributed by atoms with Crippen molar-refractivity contribution in [2.75, 3.05) is 36.9 Å². The van der Waals surface area contributed by atoms with Gasteiger partial charge in [-0.3, -0.25) is 9.69 Å². The number of halogens is 5. The van der Waals surface area contributed by atoms with Crippen LogP contribution in [0.3, 0.4) is 0 Å². The van der Waals surface area contributed by atoms with Crippen molar-refractivity contribution in [1.82, 2.24) is 24.2 Å². The van der Waals surface area contributed by atoms with E-state index in [0.717, 1.165) is 24.2 Å². The van der Waals surface area contributed by atoms with E-state index in [9.17, 15) is 26.7 Å². The molecule has 1 amide bonds.